The van der Waals surface area contributed by atoms with E-state index in [1.807, 2.05) is 31.3 Å². The van der Waals surface area contributed by atoms with Crippen molar-refractivity contribution < 1.29 is 9.53 Å². The number of methoxy groups -OCH3 is 1. The molecule has 0 saturated carbocycles. The summed E-state index contributed by atoms with van der Waals surface area (Å²) in [6.07, 6.45) is 1.34. The van der Waals surface area contributed by atoms with Crippen molar-refractivity contribution in [3.8, 4) is 0 Å². The third-order valence-corrected chi connectivity index (χ3v) is 3.13. The van der Waals surface area contributed by atoms with Crippen LogP contribution in [0.5, 0.6) is 0 Å². The lowest BCUT2D eigenvalue weighted by molar-refractivity contribution is -0.116. The van der Waals surface area contributed by atoms with Crippen LogP contribution in [0.2, 0.25) is 0 Å². The van der Waals surface area contributed by atoms with E-state index in [0.717, 1.165) is 30.8 Å². The van der Waals surface area contributed by atoms with Gasteiger partial charge >= 0.3 is 0 Å². The molecule has 1 rings (SSSR count). The largest absolute Gasteiger partial charge is 0.383 e. The minimum atomic E-state index is 0.0334. The van der Waals surface area contributed by atoms with Crippen LogP contribution in [0.1, 0.15) is 18.4 Å². The minimum Gasteiger partial charge on any atom is -0.383 e. The van der Waals surface area contributed by atoms with Gasteiger partial charge in [0.2, 0.25) is 5.91 Å². The molecular formula is C15H25N3O2. The second-order valence-corrected chi connectivity index (χ2v) is 4.81. The predicted molar refractivity (Wildman–Crippen MR) is 81.6 cm³/mol. The first-order chi connectivity index (χ1) is 9.67. The summed E-state index contributed by atoms with van der Waals surface area (Å²) < 4.78 is 5.01. The van der Waals surface area contributed by atoms with Crippen LogP contribution in [-0.4, -0.2) is 44.7 Å². The second-order valence-electron chi connectivity index (χ2n) is 4.81. The van der Waals surface area contributed by atoms with Crippen LogP contribution in [0, 0.1) is 0 Å². The molecule has 0 aromatic heterocycles. The normalized spacial score (nSPS) is 10.8. The zero-order chi connectivity index (χ0) is 14.8. The lowest BCUT2D eigenvalue weighted by Crippen LogP contribution is -2.25. The molecule has 5 nitrogen and oxygen atoms in total. The summed E-state index contributed by atoms with van der Waals surface area (Å²) in [5, 5.41) is 2.92. The van der Waals surface area contributed by atoms with Crippen LogP contribution >= 0.6 is 0 Å². The van der Waals surface area contributed by atoms with Gasteiger partial charge in [-0.1, -0.05) is 18.2 Å². The molecular weight excluding hydrogens is 254 g/mol. The molecule has 0 radical (unpaired) electrons. The Labute approximate surface area is 121 Å². The summed E-state index contributed by atoms with van der Waals surface area (Å²) in [5.41, 5.74) is 7.41. The Balaban J connectivity index is 2.30. The second kappa shape index (κ2) is 9.47. The van der Waals surface area contributed by atoms with Crippen LogP contribution in [0.25, 0.3) is 0 Å². The zero-order valence-corrected chi connectivity index (χ0v) is 12.4. The van der Waals surface area contributed by atoms with E-state index in [1.54, 1.807) is 7.11 Å². The molecule has 20 heavy (non-hydrogen) atoms. The molecule has 112 valence electrons. The van der Waals surface area contributed by atoms with E-state index in [0.29, 0.717) is 19.6 Å². The van der Waals surface area contributed by atoms with Gasteiger partial charge in [-0.15, -0.1) is 0 Å². The number of carbonyl (C=O) groups is 1. The number of anilines is 1. The zero-order valence-electron chi connectivity index (χ0n) is 12.4. The standard InChI is InChI=1S/C15H25N3O2/c1-18(10-11-20-2)9-5-8-15(19)17-14-7-4-3-6-13(14)12-16/h3-4,6-7H,5,8-12,16H2,1-2H3,(H,17,19). The number of nitrogens with one attached hydrogen (secondary N) is 1. The monoisotopic (exact) mass is 279 g/mol. The number of likely N-dealkylation sites (N-methyl/N-ethyl adjacent to an activating group) is 1. The molecule has 5 heteroatoms. The van der Waals surface area contributed by atoms with Gasteiger partial charge in [0.05, 0.1) is 6.61 Å². The SMILES string of the molecule is COCCN(C)CCCC(=O)Nc1ccccc1CN. The van der Waals surface area contributed by atoms with Gasteiger partial charge in [-0.25, -0.2) is 0 Å². The van der Waals surface area contributed by atoms with Gasteiger partial charge in [-0.05, 0) is 31.6 Å². The average Bonchev–Trinajstić information content (AvgIpc) is 2.45. The third-order valence-electron chi connectivity index (χ3n) is 3.13. The molecule has 0 aliphatic rings. The molecule has 3 N–H and O–H groups in total. The highest BCUT2D eigenvalue weighted by molar-refractivity contribution is 5.91. The van der Waals surface area contributed by atoms with Crippen molar-refractivity contribution in [3.63, 3.8) is 0 Å². The number of carbonyl (C=O) groups excluding carboxylic acids is 1. The molecule has 0 aliphatic heterocycles. The molecule has 1 aromatic carbocycles. The highest BCUT2D eigenvalue weighted by atomic mass is 16.5. The van der Waals surface area contributed by atoms with Crippen molar-refractivity contribution in [1.29, 1.82) is 0 Å². The van der Waals surface area contributed by atoms with Gasteiger partial charge < -0.3 is 20.7 Å². The lowest BCUT2D eigenvalue weighted by Gasteiger charge is -2.15. The number of hydrogen-bond acceptors (Lipinski definition) is 4. The topological polar surface area (TPSA) is 67.6 Å². The molecule has 0 heterocycles. The van der Waals surface area contributed by atoms with Crippen molar-refractivity contribution in [2.24, 2.45) is 5.73 Å². The van der Waals surface area contributed by atoms with Gasteiger partial charge in [0.25, 0.3) is 0 Å². The molecule has 0 bridgehead atoms. The van der Waals surface area contributed by atoms with Crippen molar-refractivity contribution in [2.45, 2.75) is 19.4 Å². The van der Waals surface area contributed by atoms with Crippen LogP contribution in [0.4, 0.5) is 5.69 Å². The molecule has 1 amide bonds. The maximum absolute atomic E-state index is 11.9. The number of para-hydroxylation sites is 1. The fourth-order valence-corrected chi connectivity index (χ4v) is 1.90. The van der Waals surface area contributed by atoms with Crippen molar-refractivity contribution in [1.82, 2.24) is 4.90 Å². The summed E-state index contributed by atoms with van der Waals surface area (Å²) >= 11 is 0. The Morgan fingerprint density at radius 1 is 1.35 bits per heavy atom. The van der Waals surface area contributed by atoms with Crippen LogP contribution in [0.3, 0.4) is 0 Å². The number of amides is 1. The van der Waals surface area contributed by atoms with Crippen molar-refractivity contribution in [3.05, 3.63) is 29.8 Å². The summed E-state index contributed by atoms with van der Waals surface area (Å²) in [7, 11) is 3.72. The quantitative estimate of drug-likeness (QED) is 0.718. The molecule has 0 atom stereocenters. The summed E-state index contributed by atoms with van der Waals surface area (Å²) in [6.45, 7) is 2.91. The van der Waals surface area contributed by atoms with Crippen molar-refractivity contribution >= 4 is 11.6 Å². The molecule has 1 aromatic rings. The first-order valence-electron chi connectivity index (χ1n) is 6.92. The Morgan fingerprint density at radius 3 is 2.80 bits per heavy atom. The first-order valence-corrected chi connectivity index (χ1v) is 6.92. The number of rotatable bonds is 9. The third kappa shape index (κ3) is 6.14. The molecule has 0 aliphatic carbocycles. The van der Waals surface area contributed by atoms with E-state index in [2.05, 4.69) is 10.2 Å². The number of hydrogen-bond donors (Lipinski definition) is 2. The van der Waals surface area contributed by atoms with E-state index >= 15 is 0 Å². The molecule has 0 fully saturated rings. The highest BCUT2D eigenvalue weighted by Crippen LogP contribution is 2.14. The number of ether oxygens (including phenoxy) is 1. The van der Waals surface area contributed by atoms with E-state index in [-0.39, 0.29) is 5.91 Å². The maximum Gasteiger partial charge on any atom is 0.224 e. The maximum atomic E-state index is 11.9. The Bertz CT molecular complexity index is 410. The first kappa shape index (κ1) is 16.6. The summed E-state index contributed by atoms with van der Waals surface area (Å²) in [4.78, 5) is 14.0. The fraction of sp³-hybridized carbons (Fsp3) is 0.533. The lowest BCUT2D eigenvalue weighted by atomic mass is 10.1. The molecule has 0 spiro atoms. The summed E-state index contributed by atoms with van der Waals surface area (Å²) in [6, 6.07) is 7.62. The number of benzene rings is 1. The van der Waals surface area contributed by atoms with E-state index in [1.165, 1.54) is 0 Å². The number of nitrogens with two attached hydrogens (primary N) is 1. The van der Waals surface area contributed by atoms with Crippen LogP contribution < -0.4 is 11.1 Å². The molecule has 0 saturated heterocycles. The van der Waals surface area contributed by atoms with Crippen LogP contribution in [0.15, 0.2) is 24.3 Å². The number of nitrogens with zero attached hydrogens (tertiary/aromatic N) is 1. The van der Waals surface area contributed by atoms with Gasteiger partial charge in [0.1, 0.15) is 0 Å². The summed E-state index contributed by atoms with van der Waals surface area (Å²) in [5.74, 6) is 0.0334. The van der Waals surface area contributed by atoms with E-state index < -0.39 is 0 Å². The van der Waals surface area contributed by atoms with E-state index in [9.17, 15) is 4.79 Å². The van der Waals surface area contributed by atoms with Crippen molar-refractivity contribution in [2.75, 3.05) is 39.2 Å². The molecule has 0 unspecified atom stereocenters. The van der Waals surface area contributed by atoms with Gasteiger partial charge in [0.15, 0.2) is 0 Å². The average molecular weight is 279 g/mol. The van der Waals surface area contributed by atoms with Crippen LogP contribution in [-0.2, 0) is 16.1 Å². The highest BCUT2D eigenvalue weighted by Gasteiger charge is 2.06. The predicted octanol–water partition coefficient (Wildman–Crippen LogP) is 1.44. The Morgan fingerprint density at radius 2 is 2.10 bits per heavy atom. The Kier molecular flexibility index (Phi) is 7.87. The van der Waals surface area contributed by atoms with Gasteiger partial charge in [-0.2, -0.15) is 0 Å². The van der Waals surface area contributed by atoms with Gasteiger partial charge in [0, 0.05) is 32.3 Å². The van der Waals surface area contributed by atoms with E-state index in [4.69, 9.17) is 10.5 Å². The van der Waals surface area contributed by atoms with Gasteiger partial charge in [-0.3, -0.25) is 4.79 Å². The fourth-order valence-electron chi connectivity index (χ4n) is 1.90. The minimum absolute atomic E-state index is 0.0334. The Hall–Kier alpha value is -1.43. The smallest absolute Gasteiger partial charge is 0.224 e.